The molecule has 1 aliphatic rings. The summed E-state index contributed by atoms with van der Waals surface area (Å²) in [6.45, 7) is 5.47. The van der Waals surface area contributed by atoms with Crippen LogP contribution in [0.25, 0.3) is 11.5 Å². The molecule has 1 aliphatic heterocycles. The van der Waals surface area contributed by atoms with Crippen molar-refractivity contribution in [3.8, 4) is 11.5 Å². The van der Waals surface area contributed by atoms with E-state index in [-0.39, 0.29) is 12.5 Å². The molecule has 1 aromatic carbocycles. The molecule has 0 amide bonds. The fraction of sp³-hybridized carbons (Fsp3) is 0.320. The molecular weight excluding hydrogens is 462 g/mol. The van der Waals surface area contributed by atoms with E-state index in [9.17, 15) is 5.11 Å². The smallest absolute Gasteiger partial charge is 0.263 e. The molecule has 0 fully saturated rings. The molecule has 5 rings (SSSR count). The SMILES string of the molecule is COC1OC(C)(C)c2nc(Nc3ncc(-c4nc(C)no4)c(N[C@H](CO)c4ccccc4)n3)ccc21. The first-order chi connectivity index (χ1) is 17.4. The van der Waals surface area contributed by atoms with Gasteiger partial charge < -0.3 is 29.7 Å². The number of rotatable bonds is 8. The number of aromatic nitrogens is 5. The minimum atomic E-state index is -0.606. The van der Waals surface area contributed by atoms with Gasteiger partial charge in [0.15, 0.2) is 12.1 Å². The Balaban J connectivity index is 1.49. The number of methoxy groups -OCH3 is 1. The lowest BCUT2D eigenvalue weighted by molar-refractivity contribution is -0.175. The molecule has 0 spiro atoms. The van der Waals surface area contributed by atoms with Crippen molar-refractivity contribution in [2.75, 3.05) is 24.4 Å². The number of aliphatic hydroxyl groups excluding tert-OH is 1. The second kappa shape index (κ2) is 9.61. The number of anilines is 3. The summed E-state index contributed by atoms with van der Waals surface area (Å²) < 4.78 is 16.8. The minimum Gasteiger partial charge on any atom is -0.394 e. The second-order valence-corrected chi connectivity index (χ2v) is 8.85. The lowest BCUT2D eigenvalue weighted by Gasteiger charge is -2.19. The fourth-order valence-corrected chi connectivity index (χ4v) is 4.09. The largest absolute Gasteiger partial charge is 0.394 e. The number of pyridine rings is 1. The van der Waals surface area contributed by atoms with E-state index in [1.165, 1.54) is 0 Å². The molecule has 1 unspecified atom stereocenters. The minimum absolute atomic E-state index is 0.152. The summed E-state index contributed by atoms with van der Waals surface area (Å²) in [5.74, 6) is 2.03. The average Bonchev–Trinajstić information content (AvgIpc) is 3.43. The van der Waals surface area contributed by atoms with Gasteiger partial charge >= 0.3 is 0 Å². The maximum absolute atomic E-state index is 10.1. The van der Waals surface area contributed by atoms with Gasteiger partial charge in [-0.2, -0.15) is 9.97 Å². The first kappa shape index (κ1) is 23.8. The van der Waals surface area contributed by atoms with Gasteiger partial charge in [0.25, 0.3) is 5.89 Å². The van der Waals surface area contributed by atoms with Crippen LogP contribution >= 0.6 is 0 Å². The topological polar surface area (TPSA) is 140 Å². The van der Waals surface area contributed by atoms with Crippen LogP contribution in [0.3, 0.4) is 0 Å². The van der Waals surface area contributed by atoms with E-state index < -0.39 is 17.9 Å². The number of aryl methyl sites for hydroxylation is 1. The van der Waals surface area contributed by atoms with Crippen molar-refractivity contribution in [1.29, 1.82) is 0 Å². The first-order valence-electron chi connectivity index (χ1n) is 11.5. The number of fused-ring (bicyclic) bond motifs is 1. The Kier molecular flexibility index (Phi) is 6.35. The normalized spacial score (nSPS) is 17.0. The summed E-state index contributed by atoms with van der Waals surface area (Å²) in [6, 6.07) is 12.9. The second-order valence-electron chi connectivity index (χ2n) is 8.85. The molecule has 186 valence electrons. The van der Waals surface area contributed by atoms with E-state index in [0.29, 0.717) is 29.0 Å². The van der Waals surface area contributed by atoms with Crippen molar-refractivity contribution in [3.63, 3.8) is 0 Å². The molecule has 0 saturated heterocycles. The maximum Gasteiger partial charge on any atom is 0.263 e. The van der Waals surface area contributed by atoms with Crippen LogP contribution in [0.2, 0.25) is 0 Å². The third kappa shape index (κ3) is 4.63. The summed E-state index contributed by atoms with van der Waals surface area (Å²) in [5, 5.41) is 20.4. The van der Waals surface area contributed by atoms with E-state index in [0.717, 1.165) is 16.8 Å². The number of hydrogen-bond acceptors (Lipinski definition) is 11. The predicted octanol–water partition coefficient (Wildman–Crippen LogP) is 4.03. The van der Waals surface area contributed by atoms with Crippen LogP contribution in [0.5, 0.6) is 0 Å². The fourth-order valence-electron chi connectivity index (χ4n) is 4.09. The van der Waals surface area contributed by atoms with Crippen LogP contribution in [-0.2, 0) is 15.1 Å². The zero-order chi connectivity index (χ0) is 25.3. The van der Waals surface area contributed by atoms with Crippen LogP contribution in [0, 0.1) is 6.92 Å². The third-order valence-corrected chi connectivity index (χ3v) is 5.85. The maximum atomic E-state index is 10.1. The molecule has 0 radical (unpaired) electrons. The highest BCUT2D eigenvalue weighted by molar-refractivity contribution is 5.70. The van der Waals surface area contributed by atoms with Crippen molar-refractivity contribution < 1.29 is 19.1 Å². The van der Waals surface area contributed by atoms with Crippen molar-refractivity contribution >= 4 is 17.6 Å². The van der Waals surface area contributed by atoms with Crippen molar-refractivity contribution in [2.24, 2.45) is 0 Å². The standard InChI is InChI=1S/C25H27N7O4/c1-14-27-22(36-32-14)17-12-26-24(31-21(17)28-18(13-33)15-8-6-5-7-9-15)30-19-11-10-16-20(29-19)25(2,3)35-23(16)34-4/h5-12,18,23,33H,13H2,1-4H3,(H2,26,28,29,30,31)/t18-,23?/m1/s1. The molecule has 4 heterocycles. The van der Waals surface area contributed by atoms with Crippen molar-refractivity contribution in [2.45, 2.75) is 38.7 Å². The van der Waals surface area contributed by atoms with Gasteiger partial charge in [-0.05, 0) is 38.5 Å². The number of ether oxygens (including phenoxy) is 2. The van der Waals surface area contributed by atoms with E-state index in [4.69, 9.17) is 19.0 Å². The van der Waals surface area contributed by atoms with Crippen LogP contribution in [0.15, 0.2) is 53.2 Å². The van der Waals surface area contributed by atoms with Crippen LogP contribution in [0.1, 0.15) is 48.8 Å². The molecule has 11 heteroatoms. The third-order valence-electron chi connectivity index (χ3n) is 5.85. The quantitative estimate of drug-likeness (QED) is 0.330. The molecular formula is C25H27N7O4. The Morgan fingerprint density at radius 1 is 1.11 bits per heavy atom. The predicted molar refractivity (Wildman–Crippen MR) is 131 cm³/mol. The number of nitrogens with one attached hydrogen (secondary N) is 2. The highest BCUT2D eigenvalue weighted by atomic mass is 16.7. The highest BCUT2D eigenvalue weighted by Gasteiger charge is 2.39. The lowest BCUT2D eigenvalue weighted by atomic mass is 10.0. The molecule has 0 bridgehead atoms. The van der Waals surface area contributed by atoms with Gasteiger partial charge in [0.2, 0.25) is 5.95 Å². The molecule has 0 saturated carbocycles. The van der Waals surface area contributed by atoms with Gasteiger partial charge in [0, 0.05) is 18.9 Å². The van der Waals surface area contributed by atoms with Gasteiger partial charge in [-0.3, -0.25) is 0 Å². The summed E-state index contributed by atoms with van der Waals surface area (Å²) >= 11 is 0. The monoisotopic (exact) mass is 489 g/mol. The summed E-state index contributed by atoms with van der Waals surface area (Å²) in [7, 11) is 1.60. The van der Waals surface area contributed by atoms with Crippen molar-refractivity contribution in [3.05, 3.63) is 71.3 Å². The summed E-state index contributed by atoms with van der Waals surface area (Å²) in [6.07, 6.45) is 1.12. The van der Waals surface area contributed by atoms with Gasteiger partial charge in [0.05, 0.1) is 18.3 Å². The number of hydrogen-bond donors (Lipinski definition) is 3. The lowest BCUT2D eigenvalue weighted by Crippen LogP contribution is -2.18. The summed E-state index contributed by atoms with van der Waals surface area (Å²) in [4.78, 5) is 18.2. The van der Waals surface area contributed by atoms with Gasteiger partial charge in [-0.25, -0.2) is 9.97 Å². The number of benzene rings is 1. The Bertz CT molecular complexity index is 1360. The zero-order valence-corrected chi connectivity index (χ0v) is 20.4. The van der Waals surface area contributed by atoms with E-state index in [2.05, 4.69) is 30.7 Å². The Labute approximate surface area is 207 Å². The molecule has 2 atom stereocenters. The van der Waals surface area contributed by atoms with Gasteiger partial charge in [0.1, 0.15) is 22.8 Å². The molecule has 4 aromatic rings. The molecule has 0 aliphatic carbocycles. The van der Waals surface area contributed by atoms with Crippen molar-refractivity contribution in [1.82, 2.24) is 25.1 Å². The van der Waals surface area contributed by atoms with Crippen LogP contribution in [0.4, 0.5) is 17.6 Å². The van der Waals surface area contributed by atoms with E-state index in [1.54, 1.807) is 20.2 Å². The Morgan fingerprint density at radius 2 is 1.92 bits per heavy atom. The van der Waals surface area contributed by atoms with Gasteiger partial charge in [-0.1, -0.05) is 35.5 Å². The zero-order valence-electron chi connectivity index (χ0n) is 20.4. The number of aliphatic hydroxyl groups is 1. The van der Waals surface area contributed by atoms with E-state index in [1.807, 2.05) is 56.3 Å². The Hall–Kier alpha value is -3.93. The average molecular weight is 490 g/mol. The molecule has 3 N–H and O–H groups in total. The summed E-state index contributed by atoms with van der Waals surface area (Å²) in [5.41, 5.74) is 2.46. The highest BCUT2D eigenvalue weighted by Crippen LogP contribution is 2.42. The molecule has 36 heavy (non-hydrogen) atoms. The number of nitrogens with zero attached hydrogens (tertiary/aromatic N) is 5. The molecule has 3 aromatic heterocycles. The van der Waals surface area contributed by atoms with E-state index >= 15 is 0 Å². The first-order valence-corrected chi connectivity index (χ1v) is 11.5. The Morgan fingerprint density at radius 3 is 2.61 bits per heavy atom. The van der Waals surface area contributed by atoms with Crippen LogP contribution < -0.4 is 10.6 Å². The van der Waals surface area contributed by atoms with Crippen LogP contribution in [-0.4, -0.2) is 43.9 Å². The molecule has 11 nitrogen and oxygen atoms in total. The van der Waals surface area contributed by atoms with Gasteiger partial charge in [-0.15, -0.1) is 0 Å².